The third-order valence-electron chi connectivity index (χ3n) is 3.50. The summed E-state index contributed by atoms with van der Waals surface area (Å²) >= 11 is 0. The lowest BCUT2D eigenvalue weighted by atomic mass is 10.0. The number of aliphatic hydroxyl groups excluding tert-OH is 5. The predicted molar refractivity (Wildman–Crippen MR) is 81.8 cm³/mol. The Bertz CT molecular complexity index is 325. The molecule has 0 aromatic heterocycles. The number of hydrogen-bond acceptors (Lipinski definition) is 6. The maximum atomic E-state index is 11.8. The lowest BCUT2D eigenvalue weighted by molar-refractivity contribution is -0.142. The van der Waals surface area contributed by atoms with Gasteiger partial charge in [0.15, 0.2) is 0 Å². The Labute approximate surface area is 131 Å². The number of carbonyl (C=O) groups excluding carboxylic acids is 1. The first-order chi connectivity index (χ1) is 10.4. The Morgan fingerprint density at radius 2 is 1.77 bits per heavy atom. The summed E-state index contributed by atoms with van der Waals surface area (Å²) < 4.78 is 0. The maximum absolute atomic E-state index is 11.8. The molecule has 0 heterocycles. The van der Waals surface area contributed by atoms with Crippen molar-refractivity contribution in [3.05, 3.63) is 12.7 Å². The van der Waals surface area contributed by atoms with E-state index in [1.807, 2.05) is 0 Å². The molecule has 0 aliphatic heterocycles. The molecular weight excluding hydrogens is 290 g/mol. The van der Waals surface area contributed by atoms with E-state index in [0.717, 1.165) is 25.3 Å². The Morgan fingerprint density at radius 1 is 1.14 bits per heavy atom. The van der Waals surface area contributed by atoms with Crippen LogP contribution in [0, 0.1) is 0 Å². The molecule has 1 amide bonds. The second-order valence-corrected chi connectivity index (χ2v) is 5.32. The SMILES string of the molecule is C=CC(=O)N(CCCCCC)C(O)C[C@@H](O)[C@H](O)[C@H](O)CO. The molecule has 0 aromatic rings. The van der Waals surface area contributed by atoms with Crippen LogP contribution < -0.4 is 0 Å². The van der Waals surface area contributed by atoms with Crippen molar-refractivity contribution in [1.82, 2.24) is 4.90 Å². The Hall–Kier alpha value is -0.990. The largest absolute Gasteiger partial charge is 0.394 e. The summed E-state index contributed by atoms with van der Waals surface area (Å²) in [6.07, 6.45) is -1.43. The predicted octanol–water partition coefficient (Wildman–Crippen LogP) is -0.635. The van der Waals surface area contributed by atoms with Crippen LogP contribution in [0.1, 0.15) is 39.0 Å². The lowest BCUT2D eigenvalue weighted by Gasteiger charge is -2.30. The Balaban J connectivity index is 4.57. The molecule has 0 radical (unpaired) electrons. The summed E-state index contributed by atoms with van der Waals surface area (Å²) in [4.78, 5) is 12.9. The highest BCUT2D eigenvalue weighted by molar-refractivity contribution is 5.87. The number of nitrogens with zero attached hydrogens (tertiary/aromatic N) is 1. The van der Waals surface area contributed by atoms with Crippen LogP contribution >= 0.6 is 0 Å². The summed E-state index contributed by atoms with van der Waals surface area (Å²) in [6.45, 7) is 5.05. The van der Waals surface area contributed by atoms with Crippen LogP contribution in [0.3, 0.4) is 0 Å². The molecule has 0 spiro atoms. The van der Waals surface area contributed by atoms with E-state index in [2.05, 4.69) is 13.5 Å². The van der Waals surface area contributed by atoms with Crippen molar-refractivity contribution in [2.45, 2.75) is 63.6 Å². The quantitative estimate of drug-likeness (QED) is 0.185. The van der Waals surface area contributed by atoms with Crippen LogP contribution in [0.15, 0.2) is 12.7 Å². The zero-order valence-electron chi connectivity index (χ0n) is 13.1. The van der Waals surface area contributed by atoms with E-state index in [-0.39, 0.29) is 6.42 Å². The fourth-order valence-corrected chi connectivity index (χ4v) is 2.08. The molecule has 7 nitrogen and oxygen atoms in total. The summed E-state index contributed by atoms with van der Waals surface area (Å²) in [6, 6.07) is 0. The number of unbranched alkanes of at least 4 members (excludes halogenated alkanes) is 3. The molecule has 0 aliphatic carbocycles. The molecule has 0 aromatic carbocycles. The molecule has 0 saturated heterocycles. The van der Waals surface area contributed by atoms with Crippen molar-refractivity contribution in [1.29, 1.82) is 0 Å². The van der Waals surface area contributed by atoms with E-state index in [9.17, 15) is 25.2 Å². The molecule has 0 aliphatic rings. The average molecular weight is 319 g/mol. The minimum absolute atomic E-state index is 0.317. The van der Waals surface area contributed by atoms with E-state index in [0.29, 0.717) is 13.0 Å². The van der Waals surface area contributed by atoms with E-state index in [1.165, 1.54) is 4.90 Å². The first-order valence-electron chi connectivity index (χ1n) is 7.65. The van der Waals surface area contributed by atoms with Crippen LogP contribution in [0.4, 0.5) is 0 Å². The normalized spacial score (nSPS) is 16.6. The topological polar surface area (TPSA) is 121 Å². The summed E-state index contributed by atoms with van der Waals surface area (Å²) in [7, 11) is 0. The van der Waals surface area contributed by atoms with Crippen LogP contribution in [0.25, 0.3) is 0 Å². The van der Waals surface area contributed by atoms with Gasteiger partial charge in [0.2, 0.25) is 5.91 Å². The zero-order chi connectivity index (χ0) is 17.1. The number of hydrogen-bond donors (Lipinski definition) is 5. The molecule has 22 heavy (non-hydrogen) atoms. The molecule has 1 unspecified atom stereocenters. The van der Waals surface area contributed by atoms with E-state index in [1.54, 1.807) is 0 Å². The highest BCUT2D eigenvalue weighted by Gasteiger charge is 2.29. The van der Waals surface area contributed by atoms with Crippen molar-refractivity contribution >= 4 is 5.91 Å². The van der Waals surface area contributed by atoms with Gasteiger partial charge in [-0.25, -0.2) is 0 Å². The van der Waals surface area contributed by atoms with Gasteiger partial charge in [-0.2, -0.15) is 0 Å². The van der Waals surface area contributed by atoms with Gasteiger partial charge in [-0.15, -0.1) is 0 Å². The smallest absolute Gasteiger partial charge is 0.247 e. The monoisotopic (exact) mass is 319 g/mol. The van der Waals surface area contributed by atoms with Gasteiger partial charge in [-0.05, 0) is 12.5 Å². The molecular formula is C15H29NO6. The minimum Gasteiger partial charge on any atom is -0.394 e. The third-order valence-corrected chi connectivity index (χ3v) is 3.50. The number of amides is 1. The second-order valence-electron chi connectivity index (χ2n) is 5.32. The lowest BCUT2D eigenvalue weighted by Crippen LogP contribution is -2.46. The average Bonchev–Trinajstić information content (AvgIpc) is 2.52. The van der Waals surface area contributed by atoms with Gasteiger partial charge >= 0.3 is 0 Å². The van der Waals surface area contributed by atoms with Crippen LogP contribution in [-0.2, 0) is 4.79 Å². The van der Waals surface area contributed by atoms with Crippen molar-refractivity contribution < 1.29 is 30.3 Å². The van der Waals surface area contributed by atoms with Gasteiger partial charge in [-0.3, -0.25) is 4.79 Å². The fourth-order valence-electron chi connectivity index (χ4n) is 2.08. The van der Waals surface area contributed by atoms with E-state index in [4.69, 9.17) is 5.11 Å². The third kappa shape index (κ3) is 7.33. The summed E-state index contributed by atoms with van der Waals surface area (Å²) in [5.74, 6) is -0.464. The van der Waals surface area contributed by atoms with Crippen molar-refractivity contribution in [3.8, 4) is 0 Å². The minimum atomic E-state index is -1.60. The Morgan fingerprint density at radius 3 is 2.27 bits per heavy atom. The molecule has 7 heteroatoms. The summed E-state index contributed by atoms with van der Waals surface area (Å²) in [5, 5.41) is 47.4. The van der Waals surface area contributed by atoms with E-state index >= 15 is 0 Å². The van der Waals surface area contributed by atoms with Gasteiger partial charge in [0, 0.05) is 13.0 Å². The van der Waals surface area contributed by atoms with Gasteiger partial charge in [0.05, 0.1) is 12.7 Å². The van der Waals surface area contributed by atoms with Gasteiger partial charge in [0.1, 0.15) is 18.4 Å². The first kappa shape index (κ1) is 21.0. The van der Waals surface area contributed by atoms with Gasteiger partial charge in [-0.1, -0.05) is 32.8 Å². The molecule has 5 N–H and O–H groups in total. The van der Waals surface area contributed by atoms with E-state index < -0.39 is 37.1 Å². The van der Waals surface area contributed by atoms with Gasteiger partial charge < -0.3 is 30.4 Å². The van der Waals surface area contributed by atoms with Crippen LogP contribution in [0.5, 0.6) is 0 Å². The molecule has 4 atom stereocenters. The molecule has 130 valence electrons. The van der Waals surface area contributed by atoms with Gasteiger partial charge in [0.25, 0.3) is 0 Å². The highest BCUT2D eigenvalue weighted by atomic mass is 16.4. The molecule has 0 rings (SSSR count). The highest BCUT2D eigenvalue weighted by Crippen LogP contribution is 2.12. The standard InChI is InChI=1S/C15H29NO6/c1-3-5-6-7-8-16(13(20)4-2)14(21)9-11(18)15(22)12(19)10-17/h4,11-12,14-15,17-19,21-22H,2-3,5-10H2,1H3/t11-,12-,14?,15+/m1/s1. The molecule has 0 bridgehead atoms. The molecule has 0 saturated carbocycles. The second kappa shape index (κ2) is 11.6. The van der Waals surface area contributed by atoms with Crippen LogP contribution in [0.2, 0.25) is 0 Å². The van der Waals surface area contributed by atoms with Crippen LogP contribution in [-0.4, -0.2) is 74.0 Å². The number of aliphatic hydroxyl groups is 5. The fraction of sp³-hybridized carbons (Fsp3) is 0.800. The molecule has 0 fully saturated rings. The summed E-state index contributed by atoms with van der Waals surface area (Å²) in [5.41, 5.74) is 0. The van der Waals surface area contributed by atoms with Crippen molar-refractivity contribution in [2.24, 2.45) is 0 Å². The van der Waals surface area contributed by atoms with Crippen molar-refractivity contribution in [3.63, 3.8) is 0 Å². The maximum Gasteiger partial charge on any atom is 0.247 e. The number of carbonyl (C=O) groups is 1. The first-order valence-corrected chi connectivity index (χ1v) is 7.65. The van der Waals surface area contributed by atoms with Crippen molar-refractivity contribution in [2.75, 3.05) is 13.2 Å². The number of rotatable bonds is 12. The zero-order valence-corrected chi connectivity index (χ0v) is 13.1. The Kier molecular flexibility index (Phi) is 11.0.